The van der Waals surface area contributed by atoms with E-state index in [2.05, 4.69) is 9.72 Å². The number of hydrogen-bond acceptors (Lipinski definition) is 6. The molecule has 1 heterocycles. The van der Waals surface area contributed by atoms with Crippen molar-refractivity contribution in [2.45, 2.75) is 43.1 Å². The number of rotatable bonds is 6. The number of carbonyl (C=O) groups is 2. The van der Waals surface area contributed by atoms with E-state index in [1.54, 1.807) is 31.5 Å². The number of sulfone groups is 1. The molecule has 3 rings (SSSR count). The van der Waals surface area contributed by atoms with Crippen molar-refractivity contribution in [2.75, 3.05) is 6.61 Å². The Morgan fingerprint density at radius 3 is 2.30 bits per heavy atom. The van der Waals surface area contributed by atoms with Crippen molar-refractivity contribution < 1.29 is 31.9 Å². The van der Waals surface area contributed by atoms with Crippen molar-refractivity contribution in [3.63, 3.8) is 0 Å². The third-order valence-electron chi connectivity index (χ3n) is 4.21. The maximum absolute atomic E-state index is 13.4. The SMILES string of the molecule is CC(C)(C)OC=O.CCOC(=O)c1cc(S(=O)(=O)c2cccc(F)c2)ccc1-c1cc[nH]c1. The quantitative estimate of drug-likeness (QED) is 0.406. The zero-order valence-electron chi connectivity index (χ0n) is 18.8. The van der Waals surface area contributed by atoms with Crippen LogP contribution in [0.2, 0.25) is 0 Å². The van der Waals surface area contributed by atoms with Crippen LogP contribution < -0.4 is 0 Å². The molecule has 1 N–H and O–H groups in total. The summed E-state index contributed by atoms with van der Waals surface area (Å²) in [6, 6.07) is 10.7. The molecule has 0 amide bonds. The molecule has 0 aliphatic carbocycles. The minimum Gasteiger partial charge on any atom is -0.462 e. The van der Waals surface area contributed by atoms with Crippen LogP contribution in [0.4, 0.5) is 4.39 Å². The van der Waals surface area contributed by atoms with E-state index in [9.17, 15) is 22.4 Å². The van der Waals surface area contributed by atoms with Crippen LogP contribution in [0.1, 0.15) is 38.1 Å². The molecule has 0 saturated heterocycles. The van der Waals surface area contributed by atoms with Crippen LogP contribution in [0.5, 0.6) is 0 Å². The second-order valence-corrected chi connectivity index (χ2v) is 9.76. The standard InChI is InChI=1S/C19H16FNO4S.C5H10O2/c1-2-25-19(22)18-11-16(6-7-17(18)13-8-9-21-12-13)26(23,24)15-5-3-4-14(20)10-15;1-5(2,3)7-4-6/h3-12,21H,2H2,1H3;4H,1-3H3. The Balaban J connectivity index is 0.000000479. The molecule has 2 aromatic carbocycles. The zero-order chi connectivity index (χ0) is 24.6. The second-order valence-electron chi connectivity index (χ2n) is 7.81. The van der Waals surface area contributed by atoms with E-state index in [-0.39, 0.29) is 27.6 Å². The fourth-order valence-electron chi connectivity index (χ4n) is 2.73. The molecule has 176 valence electrons. The molecule has 0 saturated carbocycles. The summed E-state index contributed by atoms with van der Waals surface area (Å²) < 4.78 is 48.6. The van der Waals surface area contributed by atoms with Gasteiger partial charge in [-0.2, -0.15) is 0 Å². The number of esters is 1. The Bertz CT molecular complexity index is 1200. The molecular weight excluding hydrogens is 449 g/mol. The molecular formula is C24H26FNO6S. The van der Waals surface area contributed by atoms with E-state index < -0.39 is 21.6 Å². The van der Waals surface area contributed by atoms with Gasteiger partial charge >= 0.3 is 5.97 Å². The van der Waals surface area contributed by atoms with Gasteiger partial charge in [0.1, 0.15) is 11.4 Å². The summed E-state index contributed by atoms with van der Waals surface area (Å²) >= 11 is 0. The molecule has 33 heavy (non-hydrogen) atoms. The lowest BCUT2D eigenvalue weighted by molar-refractivity contribution is -0.138. The predicted molar refractivity (Wildman–Crippen MR) is 121 cm³/mol. The summed E-state index contributed by atoms with van der Waals surface area (Å²) in [5, 5.41) is 0. The number of ether oxygens (including phenoxy) is 2. The topological polar surface area (TPSA) is 103 Å². The van der Waals surface area contributed by atoms with Gasteiger partial charge in [-0.15, -0.1) is 0 Å². The Morgan fingerprint density at radius 2 is 1.79 bits per heavy atom. The smallest absolute Gasteiger partial charge is 0.338 e. The fraction of sp³-hybridized carbons (Fsp3) is 0.250. The van der Waals surface area contributed by atoms with Crippen molar-refractivity contribution in [1.82, 2.24) is 4.98 Å². The maximum Gasteiger partial charge on any atom is 0.338 e. The molecule has 0 fully saturated rings. The van der Waals surface area contributed by atoms with Gasteiger partial charge in [0.25, 0.3) is 6.47 Å². The van der Waals surface area contributed by atoms with Crippen molar-refractivity contribution >= 4 is 22.3 Å². The largest absolute Gasteiger partial charge is 0.462 e. The minimum atomic E-state index is -3.97. The van der Waals surface area contributed by atoms with Crippen LogP contribution in [0.15, 0.2) is 70.7 Å². The molecule has 0 bridgehead atoms. The third kappa shape index (κ3) is 7.01. The molecule has 0 aliphatic heterocycles. The lowest BCUT2D eigenvalue weighted by Gasteiger charge is -2.14. The van der Waals surface area contributed by atoms with Crippen LogP contribution in [0, 0.1) is 5.82 Å². The highest BCUT2D eigenvalue weighted by Crippen LogP contribution is 2.29. The van der Waals surface area contributed by atoms with E-state index in [4.69, 9.17) is 4.74 Å². The van der Waals surface area contributed by atoms with Gasteiger partial charge < -0.3 is 14.5 Å². The van der Waals surface area contributed by atoms with Gasteiger partial charge in [0, 0.05) is 12.4 Å². The predicted octanol–water partition coefficient (Wildman–Crippen LogP) is 4.79. The normalized spacial score (nSPS) is 11.2. The number of halogens is 1. The summed E-state index contributed by atoms with van der Waals surface area (Å²) in [5.74, 6) is -1.28. The number of benzene rings is 2. The molecule has 1 aromatic heterocycles. The van der Waals surface area contributed by atoms with Crippen LogP contribution >= 0.6 is 0 Å². The summed E-state index contributed by atoms with van der Waals surface area (Å²) in [4.78, 5) is 24.5. The number of hydrogen-bond donors (Lipinski definition) is 1. The Kier molecular flexibility index (Phi) is 8.53. The number of carbonyl (C=O) groups excluding carboxylic acids is 2. The summed E-state index contributed by atoms with van der Waals surface area (Å²) in [6.07, 6.45) is 3.39. The van der Waals surface area contributed by atoms with Crippen LogP contribution in [-0.2, 0) is 24.1 Å². The second kappa shape index (κ2) is 10.9. The van der Waals surface area contributed by atoms with Crippen LogP contribution in [-0.4, -0.2) is 38.1 Å². The average Bonchev–Trinajstić information content (AvgIpc) is 3.28. The first kappa shape index (κ1) is 25.8. The molecule has 0 spiro atoms. The lowest BCUT2D eigenvalue weighted by Crippen LogP contribution is -2.17. The van der Waals surface area contributed by atoms with Gasteiger partial charge in [-0.3, -0.25) is 4.79 Å². The molecule has 9 heteroatoms. The summed E-state index contributed by atoms with van der Waals surface area (Å²) in [7, 11) is -3.97. The molecule has 3 aromatic rings. The van der Waals surface area contributed by atoms with Gasteiger partial charge in [0.2, 0.25) is 9.84 Å². The minimum absolute atomic E-state index is 0.106. The lowest BCUT2D eigenvalue weighted by atomic mass is 10.0. The number of aromatic amines is 1. The van der Waals surface area contributed by atoms with E-state index in [0.717, 1.165) is 17.7 Å². The maximum atomic E-state index is 13.4. The van der Waals surface area contributed by atoms with Gasteiger partial charge in [-0.05, 0) is 75.2 Å². The van der Waals surface area contributed by atoms with Crippen LogP contribution in [0.3, 0.4) is 0 Å². The van der Waals surface area contributed by atoms with E-state index in [0.29, 0.717) is 12.0 Å². The van der Waals surface area contributed by atoms with Crippen LogP contribution in [0.25, 0.3) is 11.1 Å². The fourth-order valence-corrected chi connectivity index (χ4v) is 4.04. The molecule has 0 atom stereocenters. The zero-order valence-corrected chi connectivity index (χ0v) is 19.6. The van der Waals surface area contributed by atoms with Crippen molar-refractivity contribution in [1.29, 1.82) is 0 Å². The highest BCUT2D eigenvalue weighted by atomic mass is 32.2. The van der Waals surface area contributed by atoms with E-state index >= 15 is 0 Å². The Morgan fingerprint density at radius 1 is 1.09 bits per heavy atom. The van der Waals surface area contributed by atoms with Gasteiger partial charge in [-0.1, -0.05) is 12.1 Å². The summed E-state index contributed by atoms with van der Waals surface area (Å²) in [6.45, 7) is 7.75. The van der Waals surface area contributed by atoms with Gasteiger partial charge in [0.15, 0.2) is 0 Å². The highest BCUT2D eigenvalue weighted by molar-refractivity contribution is 7.91. The Hall–Kier alpha value is -3.46. The Labute approximate surface area is 192 Å². The number of H-pyrrole nitrogens is 1. The number of aromatic nitrogens is 1. The molecule has 7 nitrogen and oxygen atoms in total. The van der Waals surface area contributed by atoms with E-state index in [1.165, 1.54) is 24.3 Å². The first-order chi connectivity index (χ1) is 15.5. The van der Waals surface area contributed by atoms with Crippen molar-refractivity contribution in [3.05, 3.63) is 72.3 Å². The molecule has 0 unspecified atom stereocenters. The highest BCUT2D eigenvalue weighted by Gasteiger charge is 2.23. The average molecular weight is 476 g/mol. The molecule has 0 radical (unpaired) electrons. The monoisotopic (exact) mass is 475 g/mol. The number of nitrogens with one attached hydrogen (secondary N) is 1. The molecule has 0 aliphatic rings. The first-order valence-corrected chi connectivity index (χ1v) is 11.5. The summed E-state index contributed by atoms with van der Waals surface area (Å²) in [5.41, 5.74) is 1.08. The van der Waals surface area contributed by atoms with Gasteiger partial charge in [0.05, 0.1) is 22.0 Å². The van der Waals surface area contributed by atoms with Crippen molar-refractivity contribution in [3.8, 4) is 11.1 Å². The van der Waals surface area contributed by atoms with Crippen molar-refractivity contribution in [2.24, 2.45) is 0 Å². The van der Waals surface area contributed by atoms with Gasteiger partial charge in [-0.25, -0.2) is 17.6 Å². The van der Waals surface area contributed by atoms with E-state index in [1.807, 2.05) is 20.8 Å². The third-order valence-corrected chi connectivity index (χ3v) is 5.96. The first-order valence-electron chi connectivity index (χ1n) is 10.1.